The number of phenolic OH excluding ortho intramolecular Hbond substituents is 1. The predicted octanol–water partition coefficient (Wildman–Crippen LogP) is 4.42. The summed E-state index contributed by atoms with van der Waals surface area (Å²) in [7, 11) is 0. The first-order valence-electron chi connectivity index (χ1n) is 7.09. The van der Waals surface area contributed by atoms with E-state index in [1.807, 2.05) is 25.1 Å². The predicted molar refractivity (Wildman–Crippen MR) is 84.0 cm³/mol. The van der Waals surface area contributed by atoms with Crippen molar-refractivity contribution in [2.75, 3.05) is 0 Å². The van der Waals surface area contributed by atoms with E-state index in [4.69, 9.17) is 0 Å². The topological polar surface area (TPSA) is 32.3 Å². The molecule has 0 aliphatic rings. The van der Waals surface area contributed by atoms with E-state index in [1.165, 1.54) is 11.1 Å². The third-order valence-electron chi connectivity index (χ3n) is 3.69. The van der Waals surface area contributed by atoms with Gasteiger partial charge < -0.3 is 10.4 Å². The molecule has 0 amide bonds. The van der Waals surface area contributed by atoms with Gasteiger partial charge in [0.2, 0.25) is 0 Å². The molecule has 2 atom stereocenters. The van der Waals surface area contributed by atoms with Crippen molar-refractivity contribution in [3.05, 3.63) is 64.7 Å². The maximum Gasteiger partial charge on any atom is 0.120 e. The summed E-state index contributed by atoms with van der Waals surface area (Å²) in [5.41, 5.74) is 4.55. The van der Waals surface area contributed by atoms with Gasteiger partial charge >= 0.3 is 0 Å². The van der Waals surface area contributed by atoms with Crippen LogP contribution >= 0.6 is 0 Å². The second-order valence-electron chi connectivity index (χ2n) is 5.59. The monoisotopic (exact) mass is 269 g/mol. The Morgan fingerprint density at radius 2 is 1.60 bits per heavy atom. The first-order valence-corrected chi connectivity index (χ1v) is 7.09. The molecule has 20 heavy (non-hydrogen) atoms. The average molecular weight is 269 g/mol. The fourth-order valence-electron chi connectivity index (χ4n) is 2.52. The smallest absolute Gasteiger partial charge is 0.120 e. The van der Waals surface area contributed by atoms with Crippen LogP contribution in [-0.2, 0) is 0 Å². The van der Waals surface area contributed by atoms with Crippen molar-refractivity contribution in [3.8, 4) is 5.75 Å². The molecule has 1 unspecified atom stereocenters. The van der Waals surface area contributed by atoms with Crippen LogP contribution in [-0.4, -0.2) is 5.11 Å². The highest BCUT2D eigenvalue weighted by atomic mass is 16.3. The van der Waals surface area contributed by atoms with Gasteiger partial charge in [-0.15, -0.1) is 0 Å². The summed E-state index contributed by atoms with van der Waals surface area (Å²) in [4.78, 5) is 0. The summed E-state index contributed by atoms with van der Waals surface area (Å²) < 4.78 is 0. The number of rotatable bonds is 4. The highest BCUT2D eigenvalue weighted by molar-refractivity contribution is 5.38. The highest BCUT2D eigenvalue weighted by Gasteiger charge is 2.14. The van der Waals surface area contributed by atoms with Crippen molar-refractivity contribution in [2.45, 2.75) is 39.8 Å². The number of hydrogen-bond acceptors (Lipinski definition) is 2. The van der Waals surface area contributed by atoms with Gasteiger partial charge in [-0.3, -0.25) is 0 Å². The van der Waals surface area contributed by atoms with Gasteiger partial charge in [-0.2, -0.15) is 0 Å². The zero-order valence-corrected chi connectivity index (χ0v) is 12.6. The number of aromatic hydroxyl groups is 1. The summed E-state index contributed by atoms with van der Waals surface area (Å²) >= 11 is 0. The zero-order valence-electron chi connectivity index (χ0n) is 12.6. The van der Waals surface area contributed by atoms with Crippen molar-refractivity contribution >= 4 is 0 Å². The molecule has 0 saturated carbocycles. The van der Waals surface area contributed by atoms with Gasteiger partial charge in [0.1, 0.15) is 5.75 Å². The van der Waals surface area contributed by atoms with E-state index in [9.17, 15) is 5.11 Å². The Hall–Kier alpha value is -1.80. The van der Waals surface area contributed by atoms with E-state index >= 15 is 0 Å². The van der Waals surface area contributed by atoms with E-state index in [0.29, 0.717) is 5.75 Å². The maximum atomic E-state index is 10.0. The van der Waals surface area contributed by atoms with Crippen LogP contribution in [0.1, 0.15) is 48.2 Å². The lowest BCUT2D eigenvalue weighted by Gasteiger charge is -2.22. The van der Waals surface area contributed by atoms with Crippen molar-refractivity contribution in [1.82, 2.24) is 5.32 Å². The molecule has 0 aliphatic heterocycles. The van der Waals surface area contributed by atoms with Gasteiger partial charge in [-0.05, 0) is 44.9 Å². The van der Waals surface area contributed by atoms with E-state index in [-0.39, 0.29) is 12.1 Å². The van der Waals surface area contributed by atoms with Crippen LogP contribution in [0.5, 0.6) is 5.75 Å². The van der Waals surface area contributed by atoms with Gasteiger partial charge in [-0.1, -0.05) is 42.0 Å². The van der Waals surface area contributed by atoms with Gasteiger partial charge in [-0.25, -0.2) is 0 Å². The molecule has 0 saturated heterocycles. The first kappa shape index (κ1) is 14.6. The number of aryl methyl sites for hydroxylation is 2. The Morgan fingerprint density at radius 1 is 0.900 bits per heavy atom. The molecule has 2 heteroatoms. The molecule has 0 heterocycles. The molecule has 106 valence electrons. The molecule has 0 spiro atoms. The lowest BCUT2D eigenvalue weighted by molar-refractivity contribution is 0.438. The molecule has 2 aromatic carbocycles. The van der Waals surface area contributed by atoms with Crippen LogP contribution in [0.3, 0.4) is 0 Å². The average Bonchev–Trinajstić information content (AvgIpc) is 2.38. The molecular weight excluding hydrogens is 246 g/mol. The van der Waals surface area contributed by atoms with E-state index in [2.05, 4.69) is 50.4 Å². The minimum Gasteiger partial charge on any atom is -0.508 e. The minimum atomic E-state index is 0.103. The largest absolute Gasteiger partial charge is 0.508 e. The van der Waals surface area contributed by atoms with Gasteiger partial charge in [0, 0.05) is 17.6 Å². The van der Waals surface area contributed by atoms with E-state index in [0.717, 1.165) is 11.1 Å². The summed E-state index contributed by atoms with van der Waals surface area (Å²) in [5.74, 6) is 0.362. The lowest BCUT2D eigenvalue weighted by Crippen LogP contribution is -2.22. The Kier molecular flexibility index (Phi) is 4.46. The van der Waals surface area contributed by atoms with E-state index < -0.39 is 0 Å². The van der Waals surface area contributed by atoms with Gasteiger partial charge in [0.15, 0.2) is 0 Å². The molecule has 0 radical (unpaired) electrons. The van der Waals surface area contributed by atoms with E-state index in [1.54, 1.807) is 0 Å². The number of nitrogens with one attached hydrogen (secondary N) is 1. The van der Waals surface area contributed by atoms with Crippen LogP contribution in [0.15, 0.2) is 42.5 Å². The molecule has 2 N–H and O–H groups in total. The van der Waals surface area contributed by atoms with Gasteiger partial charge in [0.05, 0.1) is 0 Å². The fourth-order valence-corrected chi connectivity index (χ4v) is 2.52. The summed E-state index contributed by atoms with van der Waals surface area (Å²) in [5, 5.41) is 13.6. The Bertz CT molecular complexity index is 592. The molecule has 0 aromatic heterocycles. The summed E-state index contributed by atoms with van der Waals surface area (Å²) in [6, 6.07) is 14.7. The number of hydrogen-bond donors (Lipinski definition) is 2. The SMILES string of the molecule is Cc1cccc([C@H](C)NC(C)c2ccc(C)cc2O)c1. The molecule has 2 nitrogen and oxygen atoms in total. The summed E-state index contributed by atoms with van der Waals surface area (Å²) in [6.07, 6.45) is 0. The Morgan fingerprint density at radius 3 is 2.25 bits per heavy atom. The maximum absolute atomic E-state index is 10.0. The summed E-state index contributed by atoms with van der Waals surface area (Å²) in [6.45, 7) is 8.32. The molecule has 2 aromatic rings. The quantitative estimate of drug-likeness (QED) is 0.861. The van der Waals surface area contributed by atoms with Crippen molar-refractivity contribution in [3.63, 3.8) is 0 Å². The highest BCUT2D eigenvalue weighted by Crippen LogP contribution is 2.27. The first-order chi connectivity index (χ1) is 9.47. The van der Waals surface area contributed by atoms with Gasteiger partial charge in [0.25, 0.3) is 0 Å². The number of phenols is 1. The van der Waals surface area contributed by atoms with Crippen LogP contribution < -0.4 is 5.32 Å². The Balaban J connectivity index is 2.12. The zero-order chi connectivity index (χ0) is 14.7. The fraction of sp³-hybridized carbons (Fsp3) is 0.333. The van der Waals surface area contributed by atoms with Crippen LogP contribution in [0, 0.1) is 13.8 Å². The molecule has 2 rings (SSSR count). The normalized spacial score (nSPS) is 14.0. The van der Waals surface area contributed by atoms with Crippen molar-refractivity contribution < 1.29 is 5.11 Å². The van der Waals surface area contributed by atoms with Crippen LogP contribution in [0.4, 0.5) is 0 Å². The Labute approximate surface area is 121 Å². The van der Waals surface area contributed by atoms with Crippen molar-refractivity contribution in [2.24, 2.45) is 0 Å². The number of benzene rings is 2. The molecule has 0 bridgehead atoms. The molecule has 0 aliphatic carbocycles. The minimum absolute atomic E-state index is 0.103. The van der Waals surface area contributed by atoms with Crippen LogP contribution in [0.2, 0.25) is 0 Å². The van der Waals surface area contributed by atoms with Crippen LogP contribution in [0.25, 0.3) is 0 Å². The lowest BCUT2D eigenvalue weighted by atomic mass is 10.0. The van der Waals surface area contributed by atoms with Crippen molar-refractivity contribution in [1.29, 1.82) is 0 Å². The second kappa shape index (κ2) is 6.10. The molecular formula is C18H23NO. The third-order valence-corrected chi connectivity index (χ3v) is 3.69. The third kappa shape index (κ3) is 3.40. The standard InChI is InChI=1S/C18H23NO/c1-12-6-5-7-16(10-12)14(3)19-15(4)17-9-8-13(2)11-18(17)20/h5-11,14-15,19-20H,1-4H3/t14-,15?/m0/s1. The molecule has 0 fully saturated rings. The second-order valence-corrected chi connectivity index (χ2v) is 5.59.